The van der Waals surface area contributed by atoms with Crippen molar-refractivity contribution < 1.29 is 5.11 Å². The van der Waals surface area contributed by atoms with Gasteiger partial charge in [0.25, 0.3) is 0 Å². The van der Waals surface area contributed by atoms with Gasteiger partial charge in [0.1, 0.15) is 5.75 Å². The van der Waals surface area contributed by atoms with E-state index < -0.39 is 0 Å². The summed E-state index contributed by atoms with van der Waals surface area (Å²) >= 11 is 0. The summed E-state index contributed by atoms with van der Waals surface area (Å²) in [5, 5.41) is 11.7. The Morgan fingerprint density at radius 3 is 1.75 bits per heavy atom. The normalized spacial score (nSPS) is 10.4. The number of rotatable bonds is 0. The molecule has 0 aliphatic carbocycles. The van der Waals surface area contributed by atoms with E-state index in [0.717, 1.165) is 21.7 Å². The van der Waals surface area contributed by atoms with E-state index in [-0.39, 0.29) is 0 Å². The zero-order valence-corrected chi connectivity index (χ0v) is 9.91. The Morgan fingerprint density at radius 1 is 0.833 bits per heavy atom. The van der Waals surface area contributed by atoms with Crippen LogP contribution in [0.2, 0.25) is 0 Å². The van der Waals surface area contributed by atoms with Crippen molar-refractivity contribution >= 4 is 29.1 Å². The molecule has 12 heavy (non-hydrogen) atoms. The van der Waals surface area contributed by atoms with Gasteiger partial charge >= 0.3 is 0 Å². The topological polar surface area (TPSA) is 20.2 Å². The van der Waals surface area contributed by atoms with E-state index in [0.29, 0.717) is 5.75 Å². The van der Waals surface area contributed by atoms with Crippen LogP contribution in [0.1, 0.15) is 16.7 Å². The molecule has 0 saturated heterocycles. The van der Waals surface area contributed by atoms with Gasteiger partial charge in [-0.05, 0) is 42.8 Å². The van der Waals surface area contributed by atoms with Gasteiger partial charge < -0.3 is 5.11 Å². The van der Waals surface area contributed by atoms with Crippen LogP contribution in [-0.2, 0) is 0 Å². The predicted octanol–water partition coefficient (Wildman–Crippen LogP) is 1.32. The zero-order valence-electron chi connectivity index (χ0n) is 7.60. The van der Waals surface area contributed by atoms with Crippen molar-refractivity contribution in [3.05, 3.63) is 16.7 Å². The Kier molecular flexibility index (Phi) is 2.76. The lowest BCUT2D eigenvalue weighted by atomic mass is 10.1. The van der Waals surface area contributed by atoms with Crippen LogP contribution in [0.4, 0.5) is 0 Å². The second kappa shape index (κ2) is 3.32. The summed E-state index contributed by atoms with van der Waals surface area (Å²) in [6.07, 6.45) is 0. The second-order valence-electron chi connectivity index (χ2n) is 3.05. The van der Waals surface area contributed by atoms with E-state index >= 15 is 0 Å². The first-order chi connectivity index (χ1) is 5.46. The van der Waals surface area contributed by atoms with Gasteiger partial charge in [0.2, 0.25) is 0 Å². The molecule has 1 N–H and O–H groups in total. The number of phenols is 1. The minimum absolute atomic E-state index is 0.396. The summed E-state index contributed by atoms with van der Waals surface area (Å²) in [6, 6.07) is 0. The Balaban J connectivity index is 3.60. The van der Waals surface area contributed by atoms with Gasteiger partial charge in [0, 0.05) is 5.30 Å². The highest BCUT2D eigenvalue weighted by atomic mass is 31.0. The van der Waals surface area contributed by atoms with Crippen LogP contribution < -0.4 is 10.6 Å². The molecular weight excluding hydrogens is 186 g/mol. The summed E-state index contributed by atoms with van der Waals surface area (Å²) in [4.78, 5) is 0. The maximum atomic E-state index is 9.66. The van der Waals surface area contributed by atoms with Crippen molar-refractivity contribution in [2.45, 2.75) is 20.8 Å². The van der Waals surface area contributed by atoms with Crippen molar-refractivity contribution in [3.63, 3.8) is 0 Å². The van der Waals surface area contributed by atoms with Crippen molar-refractivity contribution in [1.29, 1.82) is 0 Å². The highest BCUT2D eigenvalue weighted by Gasteiger charge is 2.10. The molecule has 1 aromatic carbocycles. The average molecular weight is 200 g/mol. The number of hydrogen-bond donors (Lipinski definition) is 1. The van der Waals surface area contributed by atoms with Gasteiger partial charge in [-0.3, -0.25) is 0 Å². The summed E-state index contributed by atoms with van der Waals surface area (Å²) < 4.78 is 0. The van der Waals surface area contributed by atoms with Crippen LogP contribution in [0, 0.1) is 20.8 Å². The molecule has 0 aliphatic rings. The molecule has 0 bridgehead atoms. The van der Waals surface area contributed by atoms with Gasteiger partial charge in [-0.2, -0.15) is 0 Å². The molecule has 0 saturated carbocycles. The van der Waals surface area contributed by atoms with Gasteiger partial charge in [-0.25, -0.2) is 0 Å². The molecule has 1 rings (SSSR count). The second-order valence-corrected chi connectivity index (χ2v) is 4.21. The lowest BCUT2D eigenvalue weighted by molar-refractivity contribution is 0.476. The fraction of sp³-hybridized carbons (Fsp3) is 0.333. The molecule has 0 fully saturated rings. The standard InChI is InChI=1S/C9H14OP2/c1-4-5(2)9(12)7(10)6(3)8(4)11/h10H,11-12H2,1-3H3. The largest absolute Gasteiger partial charge is 0.507 e. The number of aromatic hydroxyl groups is 1. The van der Waals surface area contributed by atoms with Crippen molar-refractivity contribution in [2.24, 2.45) is 0 Å². The zero-order chi connectivity index (χ0) is 9.46. The van der Waals surface area contributed by atoms with Crippen molar-refractivity contribution in [2.75, 3.05) is 0 Å². The monoisotopic (exact) mass is 200 g/mol. The van der Waals surface area contributed by atoms with E-state index in [9.17, 15) is 5.11 Å². The summed E-state index contributed by atoms with van der Waals surface area (Å²) in [6.45, 7) is 6.01. The molecule has 2 unspecified atom stereocenters. The van der Waals surface area contributed by atoms with Crippen molar-refractivity contribution in [1.82, 2.24) is 0 Å². The Hall–Kier alpha value is -0.120. The average Bonchev–Trinajstić information content (AvgIpc) is 2.08. The van der Waals surface area contributed by atoms with Crippen LogP contribution in [0.5, 0.6) is 5.75 Å². The van der Waals surface area contributed by atoms with Crippen LogP contribution in [0.25, 0.3) is 0 Å². The van der Waals surface area contributed by atoms with Crippen LogP contribution in [0.15, 0.2) is 0 Å². The molecule has 66 valence electrons. The summed E-state index contributed by atoms with van der Waals surface area (Å²) in [5.41, 5.74) is 3.33. The third-order valence-corrected chi connectivity index (χ3v) is 3.96. The lowest BCUT2D eigenvalue weighted by Crippen LogP contribution is -2.13. The smallest absolute Gasteiger partial charge is 0.126 e. The molecule has 0 amide bonds. The quantitative estimate of drug-likeness (QED) is 0.626. The molecule has 1 aromatic rings. The molecule has 0 aromatic heterocycles. The molecule has 3 heteroatoms. The molecular formula is C9H14OP2. The third-order valence-electron chi connectivity index (χ3n) is 2.38. The Labute approximate surface area is 78.0 Å². The fourth-order valence-electron chi connectivity index (χ4n) is 1.19. The van der Waals surface area contributed by atoms with E-state index in [1.165, 1.54) is 5.56 Å². The SMILES string of the molecule is Cc1c(C)c(P)c(O)c(C)c1P. The Morgan fingerprint density at radius 2 is 1.25 bits per heavy atom. The molecule has 0 spiro atoms. The molecule has 0 radical (unpaired) electrons. The first-order valence-electron chi connectivity index (χ1n) is 3.80. The highest BCUT2D eigenvalue weighted by molar-refractivity contribution is 7.29. The molecule has 0 heterocycles. The summed E-state index contributed by atoms with van der Waals surface area (Å²) in [7, 11) is 5.24. The van der Waals surface area contributed by atoms with E-state index in [2.05, 4.69) is 25.4 Å². The maximum absolute atomic E-state index is 9.66. The van der Waals surface area contributed by atoms with Crippen LogP contribution >= 0.6 is 18.5 Å². The maximum Gasteiger partial charge on any atom is 0.126 e. The number of benzene rings is 1. The first kappa shape index (κ1) is 9.96. The third kappa shape index (κ3) is 1.37. The minimum atomic E-state index is 0.396. The number of phenolic OH excluding ortho intramolecular Hbond substituents is 1. The van der Waals surface area contributed by atoms with Crippen LogP contribution in [-0.4, -0.2) is 5.11 Å². The van der Waals surface area contributed by atoms with E-state index in [1.807, 2.05) is 13.8 Å². The predicted molar refractivity (Wildman–Crippen MR) is 61.0 cm³/mol. The first-order valence-corrected chi connectivity index (χ1v) is 4.96. The van der Waals surface area contributed by atoms with Crippen LogP contribution in [0.3, 0.4) is 0 Å². The van der Waals surface area contributed by atoms with Gasteiger partial charge in [-0.15, -0.1) is 18.5 Å². The molecule has 2 atom stereocenters. The minimum Gasteiger partial charge on any atom is -0.507 e. The summed E-state index contributed by atoms with van der Waals surface area (Å²) in [5.74, 6) is 0.396. The highest BCUT2D eigenvalue weighted by Crippen LogP contribution is 2.21. The van der Waals surface area contributed by atoms with E-state index in [4.69, 9.17) is 0 Å². The number of hydrogen-bond acceptors (Lipinski definition) is 1. The van der Waals surface area contributed by atoms with E-state index in [1.54, 1.807) is 0 Å². The molecule has 0 aliphatic heterocycles. The Bertz CT molecular complexity index is 227. The van der Waals surface area contributed by atoms with Crippen molar-refractivity contribution in [3.8, 4) is 5.75 Å². The van der Waals surface area contributed by atoms with Gasteiger partial charge in [0.15, 0.2) is 0 Å². The lowest BCUT2D eigenvalue weighted by Gasteiger charge is -2.13. The van der Waals surface area contributed by atoms with Gasteiger partial charge in [0.05, 0.1) is 0 Å². The fourth-order valence-corrected chi connectivity index (χ4v) is 1.98. The van der Waals surface area contributed by atoms with Gasteiger partial charge in [-0.1, -0.05) is 0 Å². The molecule has 1 nitrogen and oxygen atoms in total.